The fourth-order valence-electron chi connectivity index (χ4n) is 3.45. The van der Waals surface area contributed by atoms with E-state index in [1.165, 1.54) is 23.3 Å². The standard InChI is InChI=1S/C26H24F2/c1-5-21-9-7-19(15-25(21)27)13-23-11-18(4)24(12-17(23)3)14-20-8-10-22(6-2)26(28)16-20/h5-12,15-16H,1-2,13-14H2,3-4H3. The number of halogens is 2. The predicted molar refractivity (Wildman–Crippen MR) is 115 cm³/mol. The largest absolute Gasteiger partial charge is 0.206 e. The average Bonchev–Trinajstić information content (AvgIpc) is 2.66. The molecule has 0 aliphatic rings. The molecule has 0 saturated heterocycles. The quantitative estimate of drug-likeness (QED) is 0.434. The Morgan fingerprint density at radius 1 is 0.679 bits per heavy atom. The van der Waals surface area contributed by atoms with Gasteiger partial charge in [0, 0.05) is 11.1 Å². The molecule has 142 valence electrons. The third-order valence-corrected chi connectivity index (χ3v) is 5.15. The lowest BCUT2D eigenvalue weighted by molar-refractivity contribution is 0.622. The van der Waals surface area contributed by atoms with Gasteiger partial charge in [0.2, 0.25) is 0 Å². The SMILES string of the molecule is C=Cc1ccc(Cc2cc(C)c(Cc3ccc(C=C)c(F)c3)cc2C)cc1F. The van der Waals surface area contributed by atoms with Gasteiger partial charge in [-0.2, -0.15) is 0 Å². The first kappa shape index (κ1) is 19.8. The van der Waals surface area contributed by atoms with Crippen molar-refractivity contribution in [3.8, 4) is 0 Å². The third-order valence-electron chi connectivity index (χ3n) is 5.15. The molecule has 0 amide bonds. The molecule has 3 aromatic rings. The summed E-state index contributed by atoms with van der Waals surface area (Å²) in [7, 11) is 0. The Labute approximate surface area is 165 Å². The van der Waals surface area contributed by atoms with E-state index in [1.54, 1.807) is 24.3 Å². The molecule has 0 aliphatic heterocycles. The van der Waals surface area contributed by atoms with Crippen LogP contribution in [0.2, 0.25) is 0 Å². The topological polar surface area (TPSA) is 0 Å². The maximum atomic E-state index is 14.0. The maximum absolute atomic E-state index is 14.0. The second-order valence-electron chi connectivity index (χ2n) is 7.18. The van der Waals surface area contributed by atoms with Gasteiger partial charge in [0.15, 0.2) is 0 Å². The Kier molecular flexibility index (Phi) is 5.89. The summed E-state index contributed by atoms with van der Waals surface area (Å²) in [4.78, 5) is 0. The Morgan fingerprint density at radius 2 is 1.07 bits per heavy atom. The molecule has 0 aromatic heterocycles. The minimum absolute atomic E-state index is 0.247. The van der Waals surface area contributed by atoms with E-state index in [0.29, 0.717) is 24.0 Å². The van der Waals surface area contributed by atoms with E-state index in [1.807, 2.05) is 12.1 Å². The van der Waals surface area contributed by atoms with Crippen LogP contribution in [0.25, 0.3) is 12.2 Å². The highest BCUT2D eigenvalue weighted by Crippen LogP contribution is 2.23. The van der Waals surface area contributed by atoms with E-state index in [0.717, 1.165) is 22.3 Å². The fourth-order valence-corrected chi connectivity index (χ4v) is 3.45. The maximum Gasteiger partial charge on any atom is 0.130 e. The van der Waals surface area contributed by atoms with Crippen LogP contribution in [0.4, 0.5) is 8.78 Å². The normalized spacial score (nSPS) is 10.7. The summed E-state index contributed by atoms with van der Waals surface area (Å²) in [6.45, 7) is 11.4. The summed E-state index contributed by atoms with van der Waals surface area (Å²) < 4.78 is 28.0. The van der Waals surface area contributed by atoms with Crippen LogP contribution in [0, 0.1) is 25.5 Å². The zero-order valence-corrected chi connectivity index (χ0v) is 16.4. The van der Waals surface area contributed by atoms with Gasteiger partial charge in [-0.05, 0) is 72.2 Å². The van der Waals surface area contributed by atoms with E-state index in [4.69, 9.17) is 0 Å². The first-order chi connectivity index (χ1) is 13.4. The lowest BCUT2D eigenvalue weighted by Crippen LogP contribution is -2.00. The molecule has 0 aliphatic carbocycles. The zero-order valence-electron chi connectivity index (χ0n) is 16.4. The minimum Gasteiger partial charge on any atom is -0.206 e. The van der Waals surface area contributed by atoms with Crippen LogP contribution in [0.5, 0.6) is 0 Å². The second kappa shape index (κ2) is 8.35. The molecule has 2 heteroatoms. The summed E-state index contributed by atoms with van der Waals surface area (Å²) in [5.74, 6) is -0.494. The molecule has 0 unspecified atom stereocenters. The lowest BCUT2D eigenvalue weighted by Gasteiger charge is -2.13. The van der Waals surface area contributed by atoms with Gasteiger partial charge in [0.1, 0.15) is 11.6 Å². The molecule has 0 nitrogen and oxygen atoms in total. The molecule has 3 rings (SSSR count). The third kappa shape index (κ3) is 4.28. The van der Waals surface area contributed by atoms with Crippen LogP contribution in [0.3, 0.4) is 0 Å². The molecule has 3 aromatic carbocycles. The van der Waals surface area contributed by atoms with Crippen molar-refractivity contribution < 1.29 is 8.78 Å². The monoisotopic (exact) mass is 374 g/mol. The predicted octanol–water partition coefficient (Wildman–Crippen LogP) is 7.05. The van der Waals surface area contributed by atoms with Crippen molar-refractivity contribution in [2.45, 2.75) is 26.7 Å². The van der Waals surface area contributed by atoms with E-state index in [9.17, 15) is 8.78 Å². The van der Waals surface area contributed by atoms with Gasteiger partial charge >= 0.3 is 0 Å². The van der Waals surface area contributed by atoms with Gasteiger partial charge in [-0.25, -0.2) is 8.78 Å². The van der Waals surface area contributed by atoms with Crippen LogP contribution >= 0.6 is 0 Å². The molecule has 0 spiro atoms. The van der Waals surface area contributed by atoms with Gasteiger partial charge in [-0.1, -0.05) is 61.7 Å². The van der Waals surface area contributed by atoms with E-state index in [-0.39, 0.29) is 11.6 Å². The van der Waals surface area contributed by atoms with Crippen molar-refractivity contribution in [3.05, 3.63) is 118 Å². The highest BCUT2D eigenvalue weighted by Gasteiger charge is 2.09. The number of rotatable bonds is 6. The van der Waals surface area contributed by atoms with Crippen molar-refractivity contribution in [3.63, 3.8) is 0 Å². The number of hydrogen-bond acceptors (Lipinski definition) is 0. The molecule has 0 saturated carbocycles. The van der Waals surface area contributed by atoms with Crippen molar-refractivity contribution in [1.29, 1.82) is 0 Å². The number of hydrogen-bond donors (Lipinski definition) is 0. The summed E-state index contributed by atoms with van der Waals surface area (Å²) in [6.07, 6.45) is 4.38. The van der Waals surface area contributed by atoms with Crippen LogP contribution in [-0.2, 0) is 12.8 Å². The van der Waals surface area contributed by atoms with E-state index in [2.05, 4.69) is 39.1 Å². The lowest BCUT2D eigenvalue weighted by atomic mass is 9.92. The van der Waals surface area contributed by atoms with E-state index >= 15 is 0 Å². The molecule has 28 heavy (non-hydrogen) atoms. The van der Waals surface area contributed by atoms with Crippen molar-refractivity contribution in [2.75, 3.05) is 0 Å². The highest BCUT2D eigenvalue weighted by molar-refractivity contribution is 5.50. The molecular weight excluding hydrogens is 350 g/mol. The summed E-state index contributed by atoms with van der Waals surface area (Å²) in [5.41, 5.74) is 7.53. The van der Waals surface area contributed by atoms with Gasteiger partial charge in [0.25, 0.3) is 0 Å². The van der Waals surface area contributed by atoms with Gasteiger partial charge in [-0.3, -0.25) is 0 Å². The van der Waals surface area contributed by atoms with Crippen molar-refractivity contribution in [1.82, 2.24) is 0 Å². The summed E-state index contributed by atoms with van der Waals surface area (Å²) >= 11 is 0. The molecular formula is C26H24F2. The van der Waals surface area contributed by atoms with Crippen molar-refractivity contribution in [2.24, 2.45) is 0 Å². The molecule has 0 heterocycles. The van der Waals surface area contributed by atoms with Crippen LogP contribution < -0.4 is 0 Å². The Balaban J connectivity index is 1.84. The zero-order chi connectivity index (χ0) is 20.3. The Morgan fingerprint density at radius 3 is 1.39 bits per heavy atom. The second-order valence-corrected chi connectivity index (χ2v) is 7.18. The Bertz CT molecular complexity index is 959. The van der Waals surface area contributed by atoms with Crippen LogP contribution in [0.1, 0.15) is 44.5 Å². The smallest absolute Gasteiger partial charge is 0.130 e. The molecule has 0 fully saturated rings. The van der Waals surface area contributed by atoms with Gasteiger partial charge < -0.3 is 0 Å². The van der Waals surface area contributed by atoms with E-state index < -0.39 is 0 Å². The van der Waals surface area contributed by atoms with Crippen molar-refractivity contribution >= 4 is 12.2 Å². The average molecular weight is 374 g/mol. The fraction of sp³-hybridized carbons (Fsp3) is 0.154. The highest BCUT2D eigenvalue weighted by atomic mass is 19.1. The summed E-state index contributed by atoms with van der Waals surface area (Å²) in [5, 5.41) is 0. The first-order valence-corrected chi connectivity index (χ1v) is 9.32. The molecule has 0 N–H and O–H groups in total. The minimum atomic E-state index is -0.247. The first-order valence-electron chi connectivity index (χ1n) is 9.32. The Hall–Kier alpha value is -3.00. The molecule has 0 atom stereocenters. The van der Waals surface area contributed by atoms with Gasteiger partial charge in [0.05, 0.1) is 0 Å². The number of benzene rings is 3. The van der Waals surface area contributed by atoms with Gasteiger partial charge in [-0.15, -0.1) is 0 Å². The van der Waals surface area contributed by atoms with Crippen LogP contribution in [-0.4, -0.2) is 0 Å². The molecule has 0 bridgehead atoms. The van der Waals surface area contributed by atoms with Crippen LogP contribution in [0.15, 0.2) is 61.7 Å². The molecule has 0 radical (unpaired) electrons. The number of aryl methyl sites for hydroxylation is 2. The summed E-state index contributed by atoms with van der Waals surface area (Å²) in [6, 6.07) is 14.8.